The van der Waals surface area contributed by atoms with Gasteiger partial charge in [0.2, 0.25) is 5.88 Å². The highest BCUT2D eigenvalue weighted by atomic mass is 16.6. The lowest BCUT2D eigenvalue weighted by molar-refractivity contribution is -0.384. The van der Waals surface area contributed by atoms with E-state index in [1.54, 1.807) is 0 Å². The Morgan fingerprint density at radius 1 is 1.56 bits per heavy atom. The third-order valence-electron chi connectivity index (χ3n) is 1.81. The summed E-state index contributed by atoms with van der Waals surface area (Å²) in [4.78, 5) is 15.8. The van der Waals surface area contributed by atoms with Crippen LogP contribution in [0.25, 0.3) is 0 Å². The van der Waals surface area contributed by atoms with Gasteiger partial charge in [0.1, 0.15) is 12.4 Å². The van der Waals surface area contributed by atoms with Crippen molar-refractivity contribution in [3.8, 4) is 5.88 Å². The first-order chi connectivity index (χ1) is 7.49. The van der Waals surface area contributed by atoms with Crippen LogP contribution < -0.4 is 10.5 Å². The van der Waals surface area contributed by atoms with E-state index in [2.05, 4.69) is 4.98 Å². The van der Waals surface area contributed by atoms with Crippen LogP contribution in [0, 0.1) is 10.1 Å². The van der Waals surface area contributed by atoms with Crippen molar-refractivity contribution in [2.24, 2.45) is 0 Å². The third-order valence-corrected chi connectivity index (χ3v) is 1.81. The van der Waals surface area contributed by atoms with Gasteiger partial charge in [0.05, 0.1) is 17.1 Å². The smallest absolute Gasteiger partial charge is 0.278 e. The Hall–Kier alpha value is -1.89. The molecular weight excluding hydrogens is 212 g/mol. The van der Waals surface area contributed by atoms with Crippen LogP contribution in [0.1, 0.15) is 0 Å². The Morgan fingerprint density at radius 3 is 2.81 bits per heavy atom. The first-order valence-corrected chi connectivity index (χ1v) is 4.68. The van der Waals surface area contributed by atoms with Gasteiger partial charge in [0.15, 0.2) is 0 Å². The van der Waals surface area contributed by atoms with Gasteiger partial charge in [-0.15, -0.1) is 0 Å². The molecule has 7 heteroatoms. The normalized spacial score (nSPS) is 10.4. The van der Waals surface area contributed by atoms with E-state index in [0.717, 1.165) is 0 Å². The van der Waals surface area contributed by atoms with Crippen molar-refractivity contribution in [1.29, 1.82) is 0 Å². The number of aromatic nitrogens is 1. The molecule has 0 aliphatic carbocycles. The average molecular weight is 226 g/mol. The zero-order valence-electron chi connectivity index (χ0n) is 9.21. The van der Waals surface area contributed by atoms with Crippen molar-refractivity contribution in [1.82, 2.24) is 9.88 Å². The molecule has 0 fully saturated rings. The molecule has 16 heavy (non-hydrogen) atoms. The molecule has 88 valence electrons. The van der Waals surface area contributed by atoms with Crippen LogP contribution >= 0.6 is 0 Å². The summed E-state index contributed by atoms with van der Waals surface area (Å²) in [5, 5.41) is 10.5. The number of hydrogen-bond acceptors (Lipinski definition) is 6. The highest BCUT2D eigenvalue weighted by Crippen LogP contribution is 2.20. The van der Waals surface area contributed by atoms with Crippen LogP contribution in [0.2, 0.25) is 0 Å². The number of nitro groups is 1. The molecular formula is C9H14N4O3. The predicted molar refractivity (Wildman–Crippen MR) is 59.4 cm³/mol. The van der Waals surface area contributed by atoms with Crippen LogP contribution in [0.15, 0.2) is 12.1 Å². The predicted octanol–water partition coefficient (Wildman–Crippen LogP) is 0.512. The maximum absolute atomic E-state index is 10.5. The van der Waals surface area contributed by atoms with Crippen LogP contribution in [0.4, 0.5) is 11.5 Å². The zero-order valence-corrected chi connectivity index (χ0v) is 9.21. The number of nitrogen functional groups attached to an aromatic ring is 1. The summed E-state index contributed by atoms with van der Waals surface area (Å²) in [7, 11) is 3.80. The fourth-order valence-corrected chi connectivity index (χ4v) is 1.02. The number of hydrogen-bond donors (Lipinski definition) is 1. The van der Waals surface area contributed by atoms with Gasteiger partial charge < -0.3 is 15.4 Å². The first kappa shape index (κ1) is 12.2. The summed E-state index contributed by atoms with van der Waals surface area (Å²) >= 11 is 0. The summed E-state index contributed by atoms with van der Waals surface area (Å²) in [6.45, 7) is 1.10. The zero-order chi connectivity index (χ0) is 12.1. The van der Waals surface area contributed by atoms with Crippen LogP contribution in [-0.2, 0) is 0 Å². The second-order valence-electron chi connectivity index (χ2n) is 3.50. The molecule has 0 bridgehead atoms. The highest BCUT2D eigenvalue weighted by molar-refractivity contribution is 5.45. The number of pyridine rings is 1. The molecule has 1 rings (SSSR count). The van der Waals surface area contributed by atoms with Gasteiger partial charge in [0, 0.05) is 6.54 Å². The molecule has 0 aliphatic heterocycles. The minimum atomic E-state index is -0.531. The van der Waals surface area contributed by atoms with E-state index < -0.39 is 4.92 Å². The van der Waals surface area contributed by atoms with Crippen molar-refractivity contribution in [2.75, 3.05) is 33.0 Å². The van der Waals surface area contributed by atoms with Crippen LogP contribution in [-0.4, -0.2) is 42.1 Å². The second-order valence-corrected chi connectivity index (χ2v) is 3.50. The Balaban J connectivity index is 2.69. The molecule has 7 nitrogen and oxygen atoms in total. The van der Waals surface area contributed by atoms with E-state index in [9.17, 15) is 10.1 Å². The maximum Gasteiger partial charge on any atom is 0.278 e. The van der Waals surface area contributed by atoms with Crippen LogP contribution in [0.5, 0.6) is 5.88 Å². The van der Waals surface area contributed by atoms with Gasteiger partial charge in [-0.3, -0.25) is 10.1 Å². The lowest BCUT2D eigenvalue weighted by Crippen LogP contribution is -2.19. The molecule has 0 aliphatic rings. The summed E-state index contributed by atoms with van der Waals surface area (Å²) in [6.07, 6.45) is 0. The average Bonchev–Trinajstić information content (AvgIpc) is 2.16. The third kappa shape index (κ3) is 3.70. The number of nitrogens with zero attached hydrogens (tertiary/aromatic N) is 3. The number of likely N-dealkylation sites (N-methyl/N-ethyl adjacent to an activating group) is 1. The van der Waals surface area contributed by atoms with Gasteiger partial charge in [-0.2, -0.15) is 4.98 Å². The molecule has 0 saturated carbocycles. The van der Waals surface area contributed by atoms with E-state index in [1.165, 1.54) is 12.1 Å². The van der Waals surface area contributed by atoms with Gasteiger partial charge >= 0.3 is 0 Å². The van der Waals surface area contributed by atoms with Crippen molar-refractivity contribution in [3.05, 3.63) is 22.2 Å². The van der Waals surface area contributed by atoms with Crippen molar-refractivity contribution in [2.45, 2.75) is 0 Å². The maximum atomic E-state index is 10.5. The van der Waals surface area contributed by atoms with Gasteiger partial charge in [-0.25, -0.2) is 0 Å². The molecule has 0 saturated heterocycles. The number of rotatable bonds is 5. The lowest BCUT2D eigenvalue weighted by Gasteiger charge is -2.10. The Labute approximate surface area is 93.0 Å². The Kier molecular flexibility index (Phi) is 4.01. The molecule has 1 aromatic heterocycles. The quantitative estimate of drug-likeness (QED) is 0.580. The summed E-state index contributed by atoms with van der Waals surface area (Å²) in [5.74, 6) is 0.252. The Morgan fingerprint density at radius 2 is 2.25 bits per heavy atom. The largest absolute Gasteiger partial charge is 0.476 e. The van der Waals surface area contributed by atoms with E-state index in [0.29, 0.717) is 13.2 Å². The van der Waals surface area contributed by atoms with Gasteiger partial charge in [-0.05, 0) is 14.1 Å². The molecule has 2 N–H and O–H groups in total. The van der Waals surface area contributed by atoms with Crippen LogP contribution in [0.3, 0.4) is 0 Å². The molecule has 0 unspecified atom stereocenters. The monoisotopic (exact) mass is 226 g/mol. The summed E-state index contributed by atoms with van der Waals surface area (Å²) in [5.41, 5.74) is 5.30. The summed E-state index contributed by atoms with van der Waals surface area (Å²) < 4.78 is 5.25. The standard InChI is InChI=1S/C9H14N4O3/c1-12(2)3-4-16-9-6-7(13(14)15)5-8(10)11-9/h5-6H,3-4H2,1-2H3,(H2,10,11). The SMILES string of the molecule is CN(C)CCOc1cc([N+](=O)[O-])cc(N)n1. The molecule has 0 aromatic carbocycles. The molecule has 0 amide bonds. The fourth-order valence-electron chi connectivity index (χ4n) is 1.02. The van der Waals surface area contributed by atoms with Crippen molar-refractivity contribution in [3.63, 3.8) is 0 Å². The molecule has 0 spiro atoms. The number of nitrogens with two attached hydrogens (primary N) is 1. The van der Waals surface area contributed by atoms with Gasteiger partial charge in [0.25, 0.3) is 5.69 Å². The first-order valence-electron chi connectivity index (χ1n) is 4.68. The molecule has 1 heterocycles. The summed E-state index contributed by atoms with van der Waals surface area (Å²) in [6, 6.07) is 2.45. The molecule has 0 atom stereocenters. The number of anilines is 1. The van der Waals surface area contributed by atoms with Gasteiger partial charge in [-0.1, -0.05) is 0 Å². The Bertz CT molecular complexity index is 381. The van der Waals surface area contributed by atoms with E-state index >= 15 is 0 Å². The molecule has 0 radical (unpaired) electrons. The molecule has 1 aromatic rings. The fraction of sp³-hybridized carbons (Fsp3) is 0.444. The second kappa shape index (κ2) is 5.26. The topological polar surface area (TPSA) is 94.5 Å². The minimum Gasteiger partial charge on any atom is -0.476 e. The van der Waals surface area contributed by atoms with Crippen molar-refractivity contribution < 1.29 is 9.66 Å². The lowest BCUT2D eigenvalue weighted by atomic mass is 10.4. The number of ether oxygens (including phenoxy) is 1. The van der Waals surface area contributed by atoms with E-state index in [4.69, 9.17) is 10.5 Å². The van der Waals surface area contributed by atoms with E-state index in [-0.39, 0.29) is 17.4 Å². The van der Waals surface area contributed by atoms with Crippen molar-refractivity contribution >= 4 is 11.5 Å². The van der Waals surface area contributed by atoms with E-state index in [1.807, 2.05) is 19.0 Å². The highest BCUT2D eigenvalue weighted by Gasteiger charge is 2.10. The minimum absolute atomic E-state index is 0.0778.